The van der Waals surface area contributed by atoms with Gasteiger partial charge in [-0.2, -0.15) is 0 Å². The fraction of sp³-hybridized carbons (Fsp3) is 0.167. The molecular weight excluding hydrogens is 345 g/mol. The second-order valence-corrected chi connectivity index (χ2v) is 6.56. The molecule has 6 heteroatoms. The monoisotopic (exact) mass is 359 g/mol. The molecule has 0 unspecified atom stereocenters. The SMILES string of the molecule is CC(=O)c1cnc2c(-c3cc(Cl)cc(Cl)c3)nccc2c1N(C)C. The summed E-state index contributed by atoms with van der Waals surface area (Å²) in [4.78, 5) is 22.8. The van der Waals surface area contributed by atoms with E-state index in [1.54, 1.807) is 30.6 Å². The Hall–Kier alpha value is -2.17. The summed E-state index contributed by atoms with van der Waals surface area (Å²) in [6, 6.07) is 7.13. The molecule has 0 saturated heterocycles. The third-order valence-electron chi connectivity index (χ3n) is 3.72. The van der Waals surface area contributed by atoms with Crippen LogP contribution in [0.5, 0.6) is 0 Å². The number of rotatable bonds is 3. The highest BCUT2D eigenvalue weighted by Gasteiger charge is 2.17. The summed E-state index contributed by atoms with van der Waals surface area (Å²) >= 11 is 12.2. The number of carbonyl (C=O) groups excluding carboxylic acids is 1. The number of anilines is 1. The molecule has 0 aliphatic rings. The molecule has 0 bridgehead atoms. The van der Waals surface area contributed by atoms with E-state index in [0.717, 1.165) is 16.6 Å². The van der Waals surface area contributed by atoms with Crippen molar-refractivity contribution in [2.75, 3.05) is 19.0 Å². The lowest BCUT2D eigenvalue weighted by Crippen LogP contribution is -2.14. The van der Waals surface area contributed by atoms with Crippen molar-refractivity contribution in [3.8, 4) is 11.3 Å². The van der Waals surface area contributed by atoms with E-state index in [2.05, 4.69) is 9.97 Å². The fourth-order valence-corrected chi connectivity index (χ4v) is 3.28. The summed E-state index contributed by atoms with van der Waals surface area (Å²) in [5.74, 6) is -0.0303. The average molecular weight is 360 g/mol. The Labute approximate surface area is 150 Å². The van der Waals surface area contributed by atoms with E-state index in [1.807, 2.05) is 25.1 Å². The van der Waals surface area contributed by atoms with Crippen LogP contribution in [-0.4, -0.2) is 29.8 Å². The zero-order chi connectivity index (χ0) is 17.4. The second kappa shape index (κ2) is 6.38. The van der Waals surface area contributed by atoms with Gasteiger partial charge in [-0.15, -0.1) is 0 Å². The van der Waals surface area contributed by atoms with E-state index in [0.29, 0.717) is 26.8 Å². The summed E-state index contributed by atoms with van der Waals surface area (Å²) in [6.07, 6.45) is 3.29. The maximum absolute atomic E-state index is 11.9. The molecule has 24 heavy (non-hydrogen) atoms. The zero-order valence-electron chi connectivity index (χ0n) is 13.5. The van der Waals surface area contributed by atoms with Crippen molar-refractivity contribution in [3.05, 3.63) is 52.3 Å². The molecule has 0 aliphatic heterocycles. The van der Waals surface area contributed by atoms with Crippen LogP contribution in [0.1, 0.15) is 17.3 Å². The largest absolute Gasteiger partial charge is 0.376 e. The first-order valence-electron chi connectivity index (χ1n) is 7.31. The van der Waals surface area contributed by atoms with Crippen LogP contribution in [0.2, 0.25) is 10.0 Å². The van der Waals surface area contributed by atoms with Gasteiger partial charge in [-0.25, -0.2) is 0 Å². The first-order chi connectivity index (χ1) is 11.4. The molecule has 122 valence electrons. The topological polar surface area (TPSA) is 46.1 Å². The molecule has 0 N–H and O–H groups in total. The molecule has 0 spiro atoms. The number of pyridine rings is 2. The molecule has 0 saturated carbocycles. The minimum absolute atomic E-state index is 0.0303. The van der Waals surface area contributed by atoms with Gasteiger partial charge in [0.05, 0.1) is 22.5 Å². The smallest absolute Gasteiger partial charge is 0.163 e. The van der Waals surface area contributed by atoms with Gasteiger partial charge in [-0.1, -0.05) is 23.2 Å². The predicted octanol–water partition coefficient (Wildman–Crippen LogP) is 4.87. The number of nitrogens with zero attached hydrogens (tertiary/aromatic N) is 3. The molecule has 2 aromatic heterocycles. The Morgan fingerprint density at radius 2 is 1.75 bits per heavy atom. The van der Waals surface area contributed by atoms with Gasteiger partial charge < -0.3 is 4.90 Å². The molecule has 0 radical (unpaired) electrons. The van der Waals surface area contributed by atoms with Gasteiger partial charge >= 0.3 is 0 Å². The Morgan fingerprint density at radius 3 is 2.33 bits per heavy atom. The van der Waals surface area contributed by atoms with Crippen LogP contribution in [-0.2, 0) is 0 Å². The first kappa shape index (κ1) is 16.7. The number of benzene rings is 1. The molecule has 0 aliphatic carbocycles. The number of hydrogen-bond donors (Lipinski definition) is 0. The second-order valence-electron chi connectivity index (χ2n) is 5.68. The Morgan fingerprint density at radius 1 is 1.08 bits per heavy atom. The van der Waals surface area contributed by atoms with E-state index in [9.17, 15) is 4.79 Å². The van der Waals surface area contributed by atoms with Crippen LogP contribution in [0.4, 0.5) is 5.69 Å². The van der Waals surface area contributed by atoms with Crippen LogP contribution in [0.15, 0.2) is 36.7 Å². The summed E-state index contributed by atoms with van der Waals surface area (Å²) in [5.41, 5.74) is 3.56. The van der Waals surface area contributed by atoms with E-state index in [1.165, 1.54) is 6.92 Å². The third kappa shape index (κ3) is 2.95. The maximum atomic E-state index is 11.9. The minimum atomic E-state index is -0.0303. The van der Waals surface area contributed by atoms with E-state index >= 15 is 0 Å². The number of carbonyl (C=O) groups is 1. The van der Waals surface area contributed by atoms with Crippen molar-refractivity contribution in [1.82, 2.24) is 9.97 Å². The van der Waals surface area contributed by atoms with Crippen molar-refractivity contribution < 1.29 is 4.79 Å². The highest BCUT2D eigenvalue weighted by molar-refractivity contribution is 6.35. The summed E-state index contributed by atoms with van der Waals surface area (Å²) in [5, 5.41) is 1.92. The number of hydrogen-bond acceptors (Lipinski definition) is 4. The Kier molecular flexibility index (Phi) is 4.43. The van der Waals surface area contributed by atoms with Crippen LogP contribution < -0.4 is 4.90 Å². The van der Waals surface area contributed by atoms with Gasteiger partial charge in [0, 0.05) is 47.5 Å². The first-order valence-corrected chi connectivity index (χ1v) is 8.06. The zero-order valence-corrected chi connectivity index (χ0v) is 15.0. The van der Waals surface area contributed by atoms with Crippen LogP contribution in [0, 0.1) is 0 Å². The number of halogens is 2. The molecule has 2 heterocycles. The van der Waals surface area contributed by atoms with Gasteiger partial charge in [0.15, 0.2) is 5.78 Å². The average Bonchev–Trinajstić information content (AvgIpc) is 2.51. The number of aromatic nitrogens is 2. The molecule has 1 aromatic carbocycles. The predicted molar refractivity (Wildman–Crippen MR) is 99.3 cm³/mol. The van der Waals surface area contributed by atoms with Crippen molar-refractivity contribution in [3.63, 3.8) is 0 Å². The number of Topliss-reactive ketones (excluding diaryl/α,β-unsaturated/α-hetero) is 1. The van der Waals surface area contributed by atoms with E-state index in [-0.39, 0.29) is 5.78 Å². The highest BCUT2D eigenvalue weighted by Crippen LogP contribution is 2.34. The molecule has 4 nitrogen and oxygen atoms in total. The summed E-state index contributed by atoms with van der Waals surface area (Å²) < 4.78 is 0. The number of fused-ring (bicyclic) bond motifs is 1. The molecular formula is C18H15Cl2N3O. The highest BCUT2D eigenvalue weighted by atomic mass is 35.5. The van der Waals surface area contributed by atoms with Crippen molar-refractivity contribution in [2.45, 2.75) is 6.92 Å². The van der Waals surface area contributed by atoms with Crippen molar-refractivity contribution in [2.24, 2.45) is 0 Å². The quantitative estimate of drug-likeness (QED) is 0.625. The molecule has 3 aromatic rings. The fourth-order valence-electron chi connectivity index (χ4n) is 2.75. The van der Waals surface area contributed by atoms with Gasteiger partial charge in [-0.05, 0) is 31.2 Å². The summed E-state index contributed by atoms with van der Waals surface area (Å²) in [6.45, 7) is 1.54. The lowest BCUT2D eigenvalue weighted by atomic mass is 10.0. The van der Waals surface area contributed by atoms with Crippen molar-refractivity contribution in [1.29, 1.82) is 0 Å². The summed E-state index contributed by atoms with van der Waals surface area (Å²) in [7, 11) is 3.80. The van der Waals surface area contributed by atoms with Gasteiger partial charge in [0.2, 0.25) is 0 Å². The van der Waals surface area contributed by atoms with Crippen LogP contribution in [0.3, 0.4) is 0 Å². The Balaban J connectivity index is 2.36. The number of ketones is 1. The van der Waals surface area contributed by atoms with Gasteiger partial charge in [-0.3, -0.25) is 14.8 Å². The van der Waals surface area contributed by atoms with Gasteiger partial charge in [0.25, 0.3) is 0 Å². The standard InChI is InChI=1S/C18H15Cl2N3O/c1-10(24)15-9-22-17-14(18(15)23(2)3)4-5-21-16(17)11-6-12(19)8-13(20)7-11/h4-9H,1-3H3. The Bertz CT molecular complexity index is 934. The third-order valence-corrected chi connectivity index (χ3v) is 4.16. The van der Waals surface area contributed by atoms with E-state index in [4.69, 9.17) is 23.2 Å². The molecule has 0 atom stereocenters. The van der Waals surface area contributed by atoms with Gasteiger partial charge in [0.1, 0.15) is 0 Å². The molecule has 0 amide bonds. The lowest BCUT2D eigenvalue weighted by Gasteiger charge is -2.19. The lowest BCUT2D eigenvalue weighted by molar-refractivity contribution is 0.101. The maximum Gasteiger partial charge on any atom is 0.163 e. The normalized spacial score (nSPS) is 10.9. The van der Waals surface area contributed by atoms with E-state index < -0.39 is 0 Å². The molecule has 0 fully saturated rings. The van der Waals surface area contributed by atoms with Crippen molar-refractivity contribution >= 4 is 45.6 Å². The molecule has 3 rings (SSSR count). The van der Waals surface area contributed by atoms with Crippen LogP contribution >= 0.6 is 23.2 Å². The minimum Gasteiger partial charge on any atom is -0.376 e. The van der Waals surface area contributed by atoms with Crippen LogP contribution in [0.25, 0.3) is 22.2 Å².